The van der Waals surface area contributed by atoms with Crippen LogP contribution in [0.3, 0.4) is 0 Å². The van der Waals surface area contributed by atoms with Crippen LogP contribution in [0.2, 0.25) is 0 Å². The molecule has 0 bridgehead atoms. The molecule has 1 fully saturated rings. The smallest absolute Gasteiger partial charge is 0.306 e. The van der Waals surface area contributed by atoms with Crippen molar-refractivity contribution in [1.82, 2.24) is 15.1 Å². The highest BCUT2D eigenvalue weighted by atomic mass is 19.1. The first-order valence-corrected chi connectivity index (χ1v) is 7.84. The lowest BCUT2D eigenvalue weighted by atomic mass is 10.1. The average Bonchev–Trinajstić information content (AvgIpc) is 3.05. The van der Waals surface area contributed by atoms with Gasteiger partial charge in [0.2, 0.25) is 0 Å². The van der Waals surface area contributed by atoms with Gasteiger partial charge in [-0.3, -0.25) is 14.4 Å². The van der Waals surface area contributed by atoms with E-state index in [9.17, 15) is 18.8 Å². The molecule has 25 heavy (non-hydrogen) atoms. The van der Waals surface area contributed by atoms with Crippen LogP contribution in [0.15, 0.2) is 41.2 Å². The highest BCUT2D eigenvalue weighted by Gasteiger charge is 2.30. The molecule has 1 aromatic heterocycles. The van der Waals surface area contributed by atoms with E-state index in [2.05, 4.69) is 10.4 Å². The van der Waals surface area contributed by atoms with Gasteiger partial charge in [0, 0.05) is 12.1 Å². The van der Waals surface area contributed by atoms with Crippen molar-refractivity contribution in [1.29, 1.82) is 0 Å². The molecule has 0 spiro atoms. The summed E-state index contributed by atoms with van der Waals surface area (Å²) >= 11 is 0. The van der Waals surface area contributed by atoms with Crippen LogP contribution in [0.1, 0.15) is 29.8 Å². The van der Waals surface area contributed by atoms with E-state index in [1.807, 2.05) is 0 Å². The van der Waals surface area contributed by atoms with E-state index in [-0.39, 0.29) is 11.7 Å². The van der Waals surface area contributed by atoms with Crippen molar-refractivity contribution in [3.8, 4) is 5.69 Å². The number of carbonyl (C=O) groups excluding carboxylic acids is 1. The molecule has 0 saturated heterocycles. The van der Waals surface area contributed by atoms with Crippen LogP contribution in [0, 0.1) is 11.7 Å². The third-order valence-electron chi connectivity index (χ3n) is 4.22. The van der Waals surface area contributed by atoms with Crippen LogP contribution in [0.5, 0.6) is 0 Å². The summed E-state index contributed by atoms with van der Waals surface area (Å²) in [4.78, 5) is 35.3. The van der Waals surface area contributed by atoms with Crippen LogP contribution in [-0.2, 0) is 4.79 Å². The van der Waals surface area contributed by atoms with E-state index < -0.39 is 29.2 Å². The Kier molecular flexibility index (Phi) is 4.60. The Morgan fingerprint density at radius 2 is 1.88 bits per heavy atom. The standard InChI is InChI=1S/C17H16FN3O4/c18-11-2-5-13(6-3-11)21-15(22)8-7-14(20-21)16(23)19-12-4-1-10(9-12)17(24)25/h2-3,5-8,10,12H,1,4,9H2,(H,19,23)(H,24,25)/t10-,12+/m1/s1. The molecule has 8 heteroatoms. The molecule has 3 rings (SSSR count). The lowest BCUT2D eigenvalue weighted by Crippen LogP contribution is -2.35. The largest absolute Gasteiger partial charge is 0.481 e. The molecule has 7 nitrogen and oxygen atoms in total. The number of hydrogen-bond acceptors (Lipinski definition) is 4. The Morgan fingerprint density at radius 1 is 1.16 bits per heavy atom. The second-order valence-electron chi connectivity index (χ2n) is 5.96. The summed E-state index contributed by atoms with van der Waals surface area (Å²) in [5.41, 5.74) is -0.0782. The van der Waals surface area contributed by atoms with Gasteiger partial charge in [-0.2, -0.15) is 9.78 Å². The third-order valence-corrected chi connectivity index (χ3v) is 4.22. The van der Waals surface area contributed by atoms with E-state index >= 15 is 0 Å². The maximum Gasteiger partial charge on any atom is 0.306 e. The van der Waals surface area contributed by atoms with E-state index in [1.165, 1.54) is 36.4 Å². The minimum Gasteiger partial charge on any atom is -0.481 e. The van der Waals surface area contributed by atoms with E-state index in [1.54, 1.807) is 0 Å². The normalized spacial score (nSPS) is 19.6. The number of carboxylic acid groups (broad SMARTS) is 1. The number of benzene rings is 1. The van der Waals surface area contributed by atoms with E-state index in [0.717, 1.165) is 4.68 Å². The second-order valence-corrected chi connectivity index (χ2v) is 5.96. The molecule has 1 saturated carbocycles. The van der Waals surface area contributed by atoms with Crippen molar-refractivity contribution >= 4 is 11.9 Å². The summed E-state index contributed by atoms with van der Waals surface area (Å²) in [6.45, 7) is 0. The molecule has 2 atom stereocenters. The summed E-state index contributed by atoms with van der Waals surface area (Å²) < 4.78 is 14.0. The van der Waals surface area contributed by atoms with Gasteiger partial charge >= 0.3 is 5.97 Å². The Morgan fingerprint density at radius 3 is 2.52 bits per heavy atom. The Hall–Kier alpha value is -3.03. The maximum absolute atomic E-state index is 13.0. The van der Waals surface area contributed by atoms with Crippen LogP contribution in [0.25, 0.3) is 5.69 Å². The number of carboxylic acids is 1. The number of hydrogen-bond donors (Lipinski definition) is 2. The molecule has 1 heterocycles. The maximum atomic E-state index is 13.0. The third kappa shape index (κ3) is 3.73. The zero-order valence-corrected chi connectivity index (χ0v) is 13.2. The number of carbonyl (C=O) groups is 2. The quantitative estimate of drug-likeness (QED) is 0.871. The van der Waals surface area contributed by atoms with Crippen molar-refractivity contribution < 1.29 is 19.1 Å². The zero-order chi connectivity index (χ0) is 18.0. The van der Waals surface area contributed by atoms with Gasteiger partial charge in [-0.25, -0.2) is 4.39 Å². The summed E-state index contributed by atoms with van der Waals surface area (Å²) in [7, 11) is 0. The van der Waals surface area contributed by atoms with Gasteiger partial charge in [0.1, 0.15) is 11.5 Å². The predicted octanol–water partition coefficient (Wildman–Crippen LogP) is 1.35. The lowest BCUT2D eigenvalue weighted by molar-refractivity contribution is -0.141. The number of aromatic nitrogens is 2. The number of amides is 1. The lowest BCUT2D eigenvalue weighted by Gasteiger charge is -2.12. The van der Waals surface area contributed by atoms with Gasteiger partial charge in [-0.15, -0.1) is 0 Å². The molecule has 130 valence electrons. The summed E-state index contributed by atoms with van der Waals surface area (Å²) in [5.74, 6) is -2.24. The zero-order valence-electron chi connectivity index (χ0n) is 13.2. The Bertz CT molecular complexity index is 863. The monoisotopic (exact) mass is 345 g/mol. The summed E-state index contributed by atoms with van der Waals surface area (Å²) in [6.07, 6.45) is 1.47. The van der Waals surface area contributed by atoms with Crippen molar-refractivity contribution in [3.63, 3.8) is 0 Å². The van der Waals surface area contributed by atoms with Gasteiger partial charge < -0.3 is 10.4 Å². The van der Waals surface area contributed by atoms with Gasteiger partial charge in [0.25, 0.3) is 11.5 Å². The average molecular weight is 345 g/mol. The molecule has 2 aromatic rings. The van der Waals surface area contributed by atoms with Crippen molar-refractivity contribution in [2.45, 2.75) is 25.3 Å². The summed E-state index contributed by atoms with van der Waals surface area (Å²) in [5, 5.41) is 15.8. The van der Waals surface area contributed by atoms with Gasteiger partial charge in [-0.1, -0.05) is 0 Å². The van der Waals surface area contributed by atoms with Crippen LogP contribution >= 0.6 is 0 Å². The van der Waals surface area contributed by atoms with Gasteiger partial charge in [0.05, 0.1) is 11.6 Å². The first-order chi connectivity index (χ1) is 11.9. The van der Waals surface area contributed by atoms with Crippen molar-refractivity contribution in [2.75, 3.05) is 0 Å². The Labute approximate surface area is 142 Å². The molecule has 0 radical (unpaired) electrons. The highest BCUT2D eigenvalue weighted by molar-refractivity contribution is 5.92. The minimum atomic E-state index is -0.861. The first-order valence-electron chi connectivity index (χ1n) is 7.84. The van der Waals surface area contributed by atoms with Crippen LogP contribution < -0.4 is 10.9 Å². The molecule has 1 aliphatic carbocycles. The fraction of sp³-hybridized carbons (Fsp3) is 0.294. The predicted molar refractivity (Wildman–Crippen MR) is 86.0 cm³/mol. The van der Waals surface area contributed by atoms with E-state index in [4.69, 9.17) is 5.11 Å². The SMILES string of the molecule is O=C(N[C@H]1CC[C@@H](C(=O)O)C1)c1ccc(=O)n(-c2ccc(F)cc2)n1. The molecule has 1 amide bonds. The minimum absolute atomic E-state index is 0.0303. The number of nitrogens with zero attached hydrogens (tertiary/aromatic N) is 2. The highest BCUT2D eigenvalue weighted by Crippen LogP contribution is 2.25. The molecule has 0 unspecified atom stereocenters. The van der Waals surface area contributed by atoms with Gasteiger partial charge in [0.15, 0.2) is 0 Å². The Balaban J connectivity index is 1.78. The molecule has 0 aliphatic heterocycles. The topological polar surface area (TPSA) is 101 Å². The van der Waals surface area contributed by atoms with Crippen LogP contribution in [-0.4, -0.2) is 32.8 Å². The fourth-order valence-electron chi connectivity index (χ4n) is 2.90. The van der Waals surface area contributed by atoms with Gasteiger partial charge in [-0.05, 0) is 49.6 Å². The number of aliphatic carboxylic acids is 1. The van der Waals surface area contributed by atoms with Crippen molar-refractivity contribution in [2.24, 2.45) is 5.92 Å². The number of nitrogens with one attached hydrogen (secondary N) is 1. The number of rotatable bonds is 4. The molecule has 1 aliphatic rings. The number of halogens is 1. The van der Waals surface area contributed by atoms with Crippen LogP contribution in [0.4, 0.5) is 4.39 Å². The molecule has 1 aromatic carbocycles. The summed E-state index contributed by atoms with van der Waals surface area (Å²) in [6, 6.07) is 7.45. The second kappa shape index (κ2) is 6.84. The molecular formula is C17H16FN3O4. The van der Waals surface area contributed by atoms with E-state index in [0.29, 0.717) is 24.9 Å². The van der Waals surface area contributed by atoms with Crippen molar-refractivity contribution in [3.05, 3.63) is 58.3 Å². The molecular weight excluding hydrogens is 329 g/mol. The first kappa shape index (κ1) is 16.8. The molecule has 2 N–H and O–H groups in total. The fourth-order valence-corrected chi connectivity index (χ4v) is 2.90.